The first-order valence-electron chi connectivity index (χ1n) is 1.22. The van der Waals surface area contributed by atoms with Crippen molar-refractivity contribution in [3.05, 3.63) is 0 Å². The van der Waals surface area contributed by atoms with Gasteiger partial charge in [-0.05, 0) is 0 Å². The van der Waals surface area contributed by atoms with E-state index in [4.69, 9.17) is 28.1 Å². The molecule has 0 aliphatic carbocycles. The molecular weight excluding hydrogens is 438 g/mol. The Morgan fingerprint density at radius 3 is 0.727 bits per heavy atom. The first-order chi connectivity index (χ1) is 3.46. The molecule has 0 amide bonds. The van der Waals surface area contributed by atoms with Gasteiger partial charge < -0.3 is 28.1 Å². The summed E-state index contributed by atoms with van der Waals surface area (Å²) in [4.78, 5) is 34.1. The Morgan fingerprint density at radius 2 is 0.727 bits per heavy atom. The van der Waals surface area contributed by atoms with Crippen LogP contribution >= 0.6 is 0 Å². The maximum atomic E-state index is 8.52. The van der Waals surface area contributed by atoms with Crippen LogP contribution in [-0.4, -0.2) is 45.6 Å². The summed E-state index contributed by atoms with van der Waals surface area (Å²) in [6, 6.07) is 0. The normalized spacial score (nSPS) is 4.36. The molecule has 6 nitrogen and oxygen atoms in total. The SMILES string of the molecule is O=[Si]([O-])[O-].O=[Si]([O-])[O-].[K+].[K+].[Pb+2]. The van der Waals surface area contributed by atoms with Crippen LogP contribution in [0.25, 0.3) is 0 Å². The molecule has 0 aromatic heterocycles. The van der Waals surface area contributed by atoms with Crippen LogP contribution in [0.4, 0.5) is 0 Å². The maximum absolute atomic E-state index is 8.52. The van der Waals surface area contributed by atoms with Crippen molar-refractivity contribution in [1.82, 2.24) is 0 Å². The van der Waals surface area contributed by atoms with Crippen LogP contribution in [0.15, 0.2) is 0 Å². The standard InChI is InChI=1S/2K.2O3Si.Pb/c;;2*1-4(2)3;/q2*+1;2*-2;+2. The van der Waals surface area contributed by atoms with Gasteiger partial charge in [0.2, 0.25) is 0 Å². The summed E-state index contributed by atoms with van der Waals surface area (Å²) >= 11 is 0. The van der Waals surface area contributed by atoms with E-state index in [9.17, 15) is 0 Å². The van der Waals surface area contributed by atoms with Crippen molar-refractivity contribution in [2.45, 2.75) is 0 Å². The zero-order chi connectivity index (χ0) is 7.15. The van der Waals surface area contributed by atoms with Crippen LogP contribution in [-0.2, 0) is 8.92 Å². The molecule has 0 aliphatic rings. The summed E-state index contributed by atoms with van der Waals surface area (Å²) in [5.41, 5.74) is 0. The van der Waals surface area contributed by atoms with Gasteiger partial charge in [0.25, 0.3) is 0 Å². The summed E-state index contributed by atoms with van der Waals surface area (Å²) in [7, 11) is -7.26. The second-order valence-corrected chi connectivity index (χ2v) is 1.50. The first kappa shape index (κ1) is 29.3. The van der Waals surface area contributed by atoms with Gasteiger partial charge in [-0.1, -0.05) is 0 Å². The molecule has 11 heteroatoms. The molecule has 0 aromatic carbocycles. The van der Waals surface area contributed by atoms with Gasteiger partial charge in [0, 0.05) is 18.3 Å². The third-order valence-corrected chi connectivity index (χ3v) is 0. The van der Waals surface area contributed by atoms with Gasteiger partial charge >= 0.3 is 130 Å². The molecule has 0 bridgehead atoms. The van der Waals surface area contributed by atoms with Gasteiger partial charge in [0.15, 0.2) is 0 Å². The van der Waals surface area contributed by atoms with Crippen LogP contribution in [0.3, 0.4) is 0 Å². The number of hydrogen-bond donors (Lipinski definition) is 0. The predicted molar refractivity (Wildman–Crippen MR) is 18.6 cm³/mol. The summed E-state index contributed by atoms with van der Waals surface area (Å²) in [5, 5.41) is 0. The smallest absolute Gasteiger partial charge is 0.672 e. The van der Waals surface area contributed by atoms with E-state index in [0.29, 0.717) is 0 Å². The third kappa shape index (κ3) is 149. The Balaban J connectivity index is -0.0000000171. The van der Waals surface area contributed by atoms with Crippen molar-refractivity contribution in [2.75, 3.05) is 0 Å². The minimum atomic E-state index is -3.63. The summed E-state index contributed by atoms with van der Waals surface area (Å²) in [6.07, 6.45) is 0. The van der Waals surface area contributed by atoms with E-state index < -0.39 is 18.3 Å². The fraction of sp³-hybridized carbons (Fsp3) is 0. The zero-order valence-electron chi connectivity index (χ0n) is 5.95. The topological polar surface area (TPSA) is 126 Å². The van der Waals surface area contributed by atoms with E-state index in [1.165, 1.54) is 0 Å². The van der Waals surface area contributed by atoms with Gasteiger partial charge in [0.05, 0.1) is 0 Å². The molecule has 2 radical (unpaired) electrons. The van der Waals surface area contributed by atoms with E-state index in [1.54, 1.807) is 0 Å². The van der Waals surface area contributed by atoms with E-state index >= 15 is 0 Å². The second-order valence-electron chi connectivity index (χ2n) is 0.500. The molecule has 0 spiro atoms. The molecule has 0 atom stereocenters. The Hall–Kier alpha value is 3.43. The van der Waals surface area contributed by atoms with Gasteiger partial charge in [-0.15, -0.1) is 0 Å². The Morgan fingerprint density at radius 1 is 0.727 bits per heavy atom. The van der Waals surface area contributed by atoms with Crippen molar-refractivity contribution < 1.29 is 131 Å². The maximum Gasteiger partial charge on any atom is 2.00 e. The van der Waals surface area contributed by atoms with Crippen molar-refractivity contribution in [3.8, 4) is 0 Å². The van der Waals surface area contributed by atoms with Crippen LogP contribution in [0, 0.1) is 0 Å². The Labute approximate surface area is 172 Å². The second kappa shape index (κ2) is 23.3. The van der Waals surface area contributed by atoms with Crippen LogP contribution in [0.5, 0.6) is 0 Å². The molecular formula is K2O6PbSi2. The van der Waals surface area contributed by atoms with Gasteiger partial charge in [-0.25, -0.2) is 0 Å². The fourth-order valence-corrected chi connectivity index (χ4v) is 0. The predicted octanol–water partition coefficient (Wildman–Crippen LogP) is -12.1. The Kier molecular flexibility index (Phi) is 62.1. The molecule has 0 unspecified atom stereocenters. The van der Waals surface area contributed by atoms with Gasteiger partial charge in [0.1, 0.15) is 0 Å². The Bertz CT molecular complexity index is 76.6. The van der Waals surface area contributed by atoms with Crippen molar-refractivity contribution in [3.63, 3.8) is 0 Å². The molecule has 0 fully saturated rings. The minimum absolute atomic E-state index is 0. The summed E-state index contributed by atoms with van der Waals surface area (Å²) in [6.45, 7) is 0. The van der Waals surface area contributed by atoms with Crippen molar-refractivity contribution >= 4 is 45.6 Å². The zero-order valence-corrected chi connectivity index (χ0v) is 18.1. The first-order valence-corrected chi connectivity index (χ1v) is 3.67. The van der Waals surface area contributed by atoms with Crippen molar-refractivity contribution in [2.24, 2.45) is 0 Å². The molecule has 0 aromatic rings. The fourth-order valence-electron chi connectivity index (χ4n) is 0. The van der Waals surface area contributed by atoms with Gasteiger partial charge in [-0.2, -0.15) is 0 Å². The van der Waals surface area contributed by atoms with Crippen LogP contribution < -0.4 is 122 Å². The molecule has 0 rings (SSSR count). The average molecular weight is 438 g/mol. The summed E-state index contributed by atoms with van der Waals surface area (Å²) < 4.78 is 17.0. The number of rotatable bonds is 0. The average Bonchev–Trinajstić information content (AvgIpc) is 1.25. The van der Waals surface area contributed by atoms with Gasteiger partial charge in [-0.3, -0.25) is 0 Å². The molecule has 11 heavy (non-hydrogen) atoms. The molecule has 0 heterocycles. The monoisotopic (exact) mass is 438 g/mol. The summed E-state index contributed by atoms with van der Waals surface area (Å²) in [5.74, 6) is 0. The molecule has 0 saturated heterocycles. The van der Waals surface area contributed by atoms with Crippen LogP contribution in [0.2, 0.25) is 0 Å². The molecule has 50 valence electrons. The van der Waals surface area contributed by atoms with Crippen molar-refractivity contribution in [1.29, 1.82) is 0 Å². The molecule has 0 aliphatic heterocycles. The van der Waals surface area contributed by atoms with E-state index in [2.05, 4.69) is 0 Å². The molecule has 0 saturated carbocycles. The van der Waals surface area contributed by atoms with E-state index in [1.807, 2.05) is 0 Å². The quantitative estimate of drug-likeness (QED) is 0.346. The number of hydrogen-bond acceptors (Lipinski definition) is 6. The van der Waals surface area contributed by atoms with E-state index in [-0.39, 0.29) is 130 Å². The van der Waals surface area contributed by atoms with E-state index in [0.717, 1.165) is 0 Å². The molecule has 0 N–H and O–H groups in total. The third-order valence-electron chi connectivity index (χ3n) is 0. The largest absolute Gasteiger partial charge is 2.00 e. The van der Waals surface area contributed by atoms with Crippen LogP contribution in [0.1, 0.15) is 0 Å². The minimum Gasteiger partial charge on any atom is -0.672 e.